The molecule has 5 heteroatoms. The van der Waals surface area contributed by atoms with E-state index in [1.807, 2.05) is 0 Å². The Balaban J connectivity index is 2.15. The molecule has 0 atom stereocenters. The third-order valence-corrected chi connectivity index (χ3v) is 2.70. The molecule has 0 heterocycles. The zero-order valence-electron chi connectivity index (χ0n) is 10.0. The van der Waals surface area contributed by atoms with Gasteiger partial charge >= 0.3 is 0 Å². The zero-order valence-corrected chi connectivity index (χ0v) is 10.8. The smallest absolute Gasteiger partial charge is 0.128 e. The molecule has 0 aliphatic heterocycles. The predicted molar refractivity (Wildman–Crippen MR) is 74.0 cm³/mol. The second kappa shape index (κ2) is 6.20. The Morgan fingerprint density at radius 1 is 1.26 bits per heavy atom. The molecule has 0 aliphatic rings. The summed E-state index contributed by atoms with van der Waals surface area (Å²) in [5, 5.41) is 4.02. The van der Waals surface area contributed by atoms with E-state index in [2.05, 4.69) is 5.10 Å². The molecule has 98 valence electrons. The van der Waals surface area contributed by atoms with Gasteiger partial charge in [0.15, 0.2) is 0 Å². The topological polar surface area (TPSA) is 47.6 Å². The number of hydrogen-bond acceptors (Lipinski definition) is 3. The van der Waals surface area contributed by atoms with Crippen LogP contribution in [0.15, 0.2) is 47.6 Å². The Bertz CT molecular complexity index is 602. The highest BCUT2D eigenvalue weighted by molar-refractivity contribution is 6.30. The SMILES string of the molecule is NN=Cc1cc(Cl)ccc1OCc1cccc(F)c1. The molecule has 0 saturated carbocycles. The average Bonchev–Trinajstić information content (AvgIpc) is 2.38. The monoisotopic (exact) mass is 278 g/mol. The molecule has 3 nitrogen and oxygen atoms in total. The van der Waals surface area contributed by atoms with E-state index >= 15 is 0 Å². The minimum Gasteiger partial charge on any atom is -0.488 e. The second-order valence-corrected chi connectivity index (χ2v) is 4.32. The summed E-state index contributed by atoms with van der Waals surface area (Å²) in [5.74, 6) is 5.42. The van der Waals surface area contributed by atoms with Crippen molar-refractivity contribution in [3.63, 3.8) is 0 Å². The molecule has 0 amide bonds. The van der Waals surface area contributed by atoms with Crippen molar-refractivity contribution in [1.82, 2.24) is 0 Å². The van der Waals surface area contributed by atoms with E-state index in [9.17, 15) is 4.39 Å². The van der Waals surface area contributed by atoms with Crippen molar-refractivity contribution in [3.05, 3.63) is 64.4 Å². The molecule has 0 radical (unpaired) electrons. The summed E-state index contributed by atoms with van der Waals surface area (Å²) in [7, 11) is 0. The van der Waals surface area contributed by atoms with Crippen LogP contribution in [0.5, 0.6) is 5.75 Å². The van der Waals surface area contributed by atoms with Crippen LogP contribution in [0.4, 0.5) is 4.39 Å². The Morgan fingerprint density at radius 2 is 2.11 bits per heavy atom. The van der Waals surface area contributed by atoms with Crippen LogP contribution in [0.1, 0.15) is 11.1 Å². The first-order valence-electron chi connectivity index (χ1n) is 5.59. The Hall–Kier alpha value is -2.07. The van der Waals surface area contributed by atoms with Gasteiger partial charge in [-0.1, -0.05) is 23.7 Å². The number of ether oxygens (including phenoxy) is 1. The number of nitrogens with zero attached hydrogens (tertiary/aromatic N) is 1. The molecule has 0 aliphatic carbocycles. The predicted octanol–water partition coefficient (Wildman–Crippen LogP) is 3.35. The van der Waals surface area contributed by atoms with E-state index < -0.39 is 0 Å². The molecule has 2 aromatic carbocycles. The van der Waals surface area contributed by atoms with Crippen LogP contribution in [0.25, 0.3) is 0 Å². The first-order valence-corrected chi connectivity index (χ1v) is 5.97. The van der Waals surface area contributed by atoms with Gasteiger partial charge in [-0.25, -0.2) is 4.39 Å². The van der Waals surface area contributed by atoms with Crippen LogP contribution >= 0.6 is 11.6 Å². The normalized spacial score (nSPS) is 10.8. The zero-order chi connectivity index (χ0) is 13.7. The van der Waals surface area contributed by atoms with E-state index in [-0.39, 0.29) is 12.4 Å². The highest BCUT2D eigenvalue weighted by Crippen LogP contribution is 2.22. The fourth-order valence-electron chi connectivity index (χ4n) is 1.62. The lowest BCUT2D eigenvalue weighted by atomic mass is 10.2. The van der Waals surface area contributed by atoms with Crippen molar-refractivity contribution < 1.29 is 9.13 Å². The molecule has 0 aromatic heterocycles. The third-order valence-electron chi connectivity index (χ3n) is 2.47. The summed E-state index contributed by atoms with van der Waals surface area (Å²) in [6, 6.07) is 11.4. The van der Waals surface area contributed by atoms with Gasteiger partial charge in [-0.05, 0) is 35.9 Å². The van der Waals surface area contributed by atoms with Crippen molar-refractivity contribution in [2.75, 3.05) is 0 Å². The van der Waals surface area contributed by atoms with Crippen LogP contribution in [-0.4, -0.2) is 6.21 Å². The fraction of sp³-hybridized carbons (Fsp3) is 0.0714. The van der Waals surface area contributed by atoms with Crippen molar-refractivity contribution in [3.8, 4) is 5.75 Å². The van der Waals surface area contributed by atoms with E-state index in [1.54, 1.807) is 30.3 Å². The summed E-state index contributed by atoms with van der Waals surface area (Å²) < 4.78 is 18.6. The molecular weight excluding hydrogens is 267 g/mol. The number of halogens is 2. The average molecular weight is 279 g/mol. The van der Waals surface area contributed by atoms with Gasteiger partial charge in [0.2, 0.25) is 0 Å². The maximum absolute atomic E-state index is 13.0. The van der Waals surface area contributed by atoms with Crippen LogP contribution < -0.4 is 10.6 Å². The fourth-order valence-corrected chi connectivity index (χ4v) is 1.80. The summed E-state index contributed by atoms with van der Waals surface area (Å²) in [4.78, 5) is 0. The molecule has 19 heavy (non-hydrogen) atoms. The standard InChI is InChI=1S/C14H12ClFN2O/c15-12-4-5-14(11(7-12)8-18-17)19-9-10-2-1-3-13(16)6-10/h1-8H,9,17H2. The molecule has 2 aromatic rings. The third kappa shape index (κ3) is 3.69. The number of rotatable bonds is 4. The van der Waals surface area contributed by atoms with Crippen LogP contribution in [0, 0.1) is 5.82 Å². The lowest BCUT2D eigenvalue weighted by Gasteiger charge is -2.09. The highest BCUT2D eigenvalue weighted by atomic mass is 35.5. The first kappa shape index (κ1) is 13.4. The Morgan fingerprint density at radius 3 is 2.84 bits per heavy atom. The van der Waals surface area contributed by atoms with E-state index in [1.165, 1.54) is 18.3 Å². The number of nitrogens with two attached hydrogens (primary N) is 1. The molecule has 0 unspecified atom stereocenters. The van der Waals surface area contributed by atoms with Crippen molar-refractivity contribution in [1.29, 1.82) is 0 Å². The van der Waals surface area contributed by atoms with Crippen LogP contribution in [0.3, 0.4) is 0 Å². The van der Waals surface area contributed by atoms with Crippen molar-refractivity contribution in [2.24, 2.45) is 10.9 Å². The maximum atomic E-state index is 13.0. The highest BCUT2D eigenvalue weighted by Gasteiger charge is 2.04. The van der Waals surface area contributed by atoms with E-state index in [4.69, 9.17) is 22.2 Å². The number of hydrazone groups is 1. The maximum Gasteiger partial charge on any atom is 0.128 e. The van der Waals surface area contributed by atoms with Crippen LogP contribution in [0.2, 0.25) is 5.02 Å². The van der Waals surface area contributed by atoms with Gasteiger partial charge in [-0.2, -0.15) is 5.10 Å². The minimum atomic E-state index is -0.291. The number of benzene rings is 2. The first-order chi connectivity index (χ1) is 9.19. The minimum absolute atomic E-state index is 0.255. The van der Waals surface area contributed by atoms with Crippen molar-refractivity contribution in [2.45, 2.75) is 6.61 Å². The summed E-state index contributed by atoms with van der Waals surface area (Å²) in [6.07, 6.45) is 1.45. The molecule has 0 spiro atoms. The molecule has 0 bridgehead atoms. The summed E-state index contributed by atoms with van der Waals surface area (Å²) in [5.41, 5.74) is 1.41. The second-order valence-electron chi connectivity index (χ2n) is 3.88. The van der Waals surface area contributed by atoms with Gasteiger partial charge in [-0.15, -0.1) is 0 Å². The molecule has 0 saturated heterocycles. The lowest BCUT2D eigenvalue weighted by molar-refractivity contribution is 0.305. The lowest BCUT2D eigenvalue weighted by Crippen LogP contribution is -1.99. The Kier molecular flexibility index (Phi) is 4.36. The quantitative estimate of drug-likeness (QED) is 0.530. The van der Waals surface area contributed by atoms with E-state index in [0.29, 0.717) is 16.3 Å². The van der Waals surface area contributed by atoms with Gasteiger partial charge in [0, 0.05) is 10.6 Å². The summed E-state index contributed by atoms with van der Waals surface area (Å²) >= 11 is 5.88. The van der Waals surface area contributed by atoms with Gasteiger partial charge < -0.3 is 10.6 Å². The van der Waals surface area contributed by atoms with Gasteiger partial charge in [0.25, 0.3) is 0 Å². The van der Waals surface area contributed by atoms with Gasteiger partial charge in [-0.3, -0.25) is 0 Å². The summed E-state index contributed by atoms with van der Waals surface area (Å²) in [6.45, 7) is 0.255. The van der Waals surface area contributed by atoms with Crippen molar-refractivity contribution >= 4 is 17.8 Å². The molecule has 0 fully saturated rings. The largest absolute Gasteiger partial charge is 0.488 e. The molecule has 2 rings (SSSR count). The van der Waals surface area contributed by atoms with Gasteiger partial charge in [0.1, 0.15) is 18.2 Å². The van der Waals surface area contributed by atoms with E-state index in [0.717, 1.165) is 5.56 Å². The molecule has 2 N–H and O–H groups in total. The Labute approximate surface area is 115 Å². The molecular formula is C14H12ClFN2O. The number of hydrogen-bond donors (Lipinski definition) is 1. The van der Waals surface area contributed by atoms with Crippen LogP contribution in [-0.2, 0) is 6.61 Å². The van der Waals surface area contributed by atoms with Gasteiger partial charge in [0.05, 0.1) is 6.21 Å².